The highest BCUT2D eigenvalue weighted by molar-refractivity contribution is 6.09. The van der Waals surface area contributed by atoms with Crippen LogP contribution < -0.4 is 27.3 Å². The summed E-state index contributed by atoms with van der Waals surface area (Å²) in [7, 11) is 0. The number of rotatable bonds is 4. The van der Waals surface area contributed by atoms with Gasteiger partial charge in [-0.15, -0.1) is 0 Å². The SMILES string of the molecule is CC1Oc2cc(cnc2N)/C(NCC#N)=C(/CN)CN=C(C=CN)c2ccc(F)cc21. The van der Waals surface area contributed by atoms with E-state index in [0.717, 1.165) is 5.57 Å². The number of fused-ring (bicyclic) bond motifs is 3. The van der Waals surface area contributed by atoms with Gasteiger partial charge in [-0.1, -0.05) is 0 Å². The molecule has 31 heavy (non-hydrogen) atoms. The third-order valence-electron chi connectivity index (χ3n) is 4.84. The van der Waals surface area contributed by atoms with Gasteiger partial charge in [0.15, 0.2) is 11.6 Å². The van der Waals surface area contributed by atoms with Crippen molar-refractivity contribution in [3.8, 4) is 11.8 Å². The number of benzene rings is 1. The number of nitriles is 1. The van der Waals surface area contributed by atoms with Gasteiger partial charge in [-0.05, 0) is 49.0 Å². The van der Waals surface area contributed by atoms with Crippen molar-refractivity contribution in [2.24, 2.45) is 16.5 Å². The van der Waals surface area contributed by atoms with Crippen LogP contribution in [-0.4, -0.2) is 30.3 Å². The van der Waals surface area contributed by atoms with Gasteiger partial charge in [-0.3, -0.25) is 4.99 Å². The normalized spacial score (nSPS) is 18.8. The molecule has 1 unspecified atom stereocenters. The zero-order chi connectivity index (χ0) is 22.4. The van der Waals surface area contributed by atoms with Crippen LogP contribution in [0.5, 0.6) is 5.75 Å². The summed E-state index contributed by atoms with van der Waals surface area (Å²) >= 11 is 0. The summed E-state index contributed by atoms with van der Waals surface area (Å²) in [6, 6.07) is 8.17. The van der Waals surface area contributed by atoms with E-state index in [1.165, 1.54) is 18.3 Å². The number of nitrogen functional groups attached to an aromatic ring is 1. The van der Waals surface area contributed by atoms with Crippen molar-refractivity contribution in [1.29, 1.82) is 5.26 Å². The minimum atomic E-state index is -0.561. The number of anilines is 1. The van der Waals surface area contributed by atoms with Crippen LogP contribution >= 0.6 is 0 Å². The van der Waals surface area contributed by atoms with E-state index in [-0.39, 0.29) is 25.5 Å². The van der Waals surface area contributed by atoms with Gasteiger partial charge in [0.05, 0.1) is 18.3 Å². The van der Waals surface area contributed by atoms with Gasteiger partial charge in [-0.25, -0.2) is 9.37 Å². The Kier molecular flexibility index (Phi) is 6.85. The maximum atomic E-state index is 14.1. The molecular weight excluding hydrogens is 397 g/mol. The topological polar surface area (TPSA) is 148 Å². The van der Waals surface area contributed by atoms with E-state index < -0.39 is 11.9 Å². The molecule has 0 saturated carbocycles. The van der Waals surface area contributed by atoms with Gasteiger partial charge in [0, 0.05) is 35.1 Å². The molecule has 160 valence electrons. The number of halogens is 1. The first-order valence-corrected chi connectivity index (χ1v) is 9.66. The Balaban J connectivity index is 2.28. The van der Waals surface area contributed by atoms with Crippen LogP contribution in [0.1, 0.15) is 29.7 Å². The Labute approximate surface area is 179 Å². The Morgan fingerprint density at radius 3 is 2.90 bits per heavy atom. The molecule has 9 heteroatoms. The average molecular weight is 421 g/mol. The molecule has 1 aromatic carbocycles. The van der Waals surface area contributed by atoms with E-state index >= 15 is 0 Å². The fourth-order valence-electron chi connectivity index (χ4n) is 3.35. The predicted octanol–water partition coefficient (Wildman–Crippen LogP) is 2.00. The van der Waals surface area contributed by atoms with E-state index in [1.54, 1.807) is 31.3 Å². The maximum Gasteiger partial charge on any atom is 0.166 e. The number of aliphatic imine (C=N–C) groups is 1. The number of hydrogen-bond acceptors (Lipinski definition) is 8. The Hall–Kier alpha value is -3.90. The minimum absolute atomic E-state index is 0.0667. The Bertz CT molecular complexity index is 1100. The summed E-state index contributed by atoms with van der Waals surface area (Å²) in [6.45, 7) is 2.27. The van der Waals surface area contributed by atoms with Crippen LogP contribution in [-0.2, 0) is 0 Å². The Morgan fingerprint density at radius 1 is 1.39 bits per heavy atom. The summed E-state index contributed by atoms with van der Waals surface area (Å²) in [5.41, 5.74) is 21.5. The molecule has 0 fully saturated rings. The van der Waals surface area contributed by atoms with Gasteiger partial charge >= 0.3 is 0 Å². The third-order valence-corrected chi connectivity index (χ3v) is 4.84. The average Bonchev–Trinajstić information content (AvgIpc) is 2.76. The molecule has 0 radical (unpaired) electrons. The zero-order valence-corrected chi connectivity index (χ0v) is 17.1. The lowest BCUT2D eigenvalue weighted by molar-refractivity contribution is 0.227. The molecule has 2 heterocycles. The third kappa shape index (κ3) is 4.82. The number of ether oxygens (including phenoxy) is 1. The van der Waals surface area contributed by atoms with Crippen molar-refractivity contribution in [1.82, 2.24) is 10.3 Å². The van der Waals surface area contributed by atoms with E-state index in [9.17, 15) is 4.39 Å². The molecule has 2 bridgehead atoms. The van der Waals surface area contributed by atoms with Crippen LogP contribution in [0.4, 0.5) is 10.2 Å². The van der Waals surface area contributed by atoms with Gasteiger partial charge in [0.25, 0.3) is 0 Å². The Morgan fingerprint density at radius 2 is 2.19 bits per heavy atom. The summed E-state index contributed by atoms with van der Waals surface area (Å²) in [5, 5.41) is 12.1. The van der Waals surface area contributed by atoms with E-state index in [0.29, 0.717) is 33.8 Å². The zero-order valence-electron chi connectivity index (χ0n) is 17.1. The van der Waals surface area contributed by atoms with E-state index in [4.69, 9.17) is 27.2 Å². The van der Waals surface area contributed by atoms with Crippen molar-refractivity contribution in [3.63, 3.8) is 0 Å². The van der Waals surface area contributed by atoms with Crippen LogP contribution in [0.15, 0.2) is 53.3 Å². The van der Waals surface area contributed by atoms with Gasteiger partial charge in [0.2, 0.25) is 0 Å². The van der Waals surface area contributed by atoms with Gasteiger partial charge in [0.1, 0.15) is 18.5 Å². The molecule has 0 aliphatic carbocycles. The van der Waals surface area contributed by atoms with Crippen molar-refractivity contribution >= 4 is 17.2 Å². The molecule has 0 amide bonds. The van der Waals surface area contributed by atoms with Crippen molar-refractivity contribution in [2.45, 2.75) is 13.0 Å². The molecule has 0 saturated heterocycles. The maximum absolute atomic E-state index is 14.1. The summed E-state index contributed by atoms with van der Waals surface area (Å²) in [5.74, 6) is 0.124. The number of aromatic nitrogens is 1. The van der Waals surface area contributed by atoms with Crippen LogP contribution in [0.2, 0.25) is 0 Å². The molecule has 1 atom stereocenters. The first-order chi connectivity index (χ1) is 15.0. The number of nitrogens with two attached hydrogens (primary N) is 3. The second-order valence-electron chi connectivity index (χ2n) is 6.85. The molecular formula is C22H24FN7O. The number of nitrogens with one attached hydrogen (secondary N) is 1. The minimum Gasteiger partial charge on any atom is -0.482 e. The van der Waals surface area contributed by atoms with Gasteiger partial charge < -0.3 is 27.3 Å². The van der Waals surface area contributed by atoms with Crippen molar-refractivity contribution < 1.29 is 9.13 Å². The summed E-state index contributed by atoms with van der Waals surface area (Å²) in [4.78, 5) is 8.91. The number of allylic oxidation sites excluding steroid dienone is 1. The highest BCUT2D eigenvalue weighted by Crippen LogP contribution is 2.31. The lowest BCUT2D eigenvalue weighted by Gasteiger charge is -2.22. The summed E-state index contributed by atoms with van der Waals surface area (Å²) < 4.78 is 20.2. The lowest BCUT2D eigenvalue weighted by atomic mass is 9.98. The molecule has 3 rings (SSSR count). The quantitative estimate of drug-likeness (QED) is 0.552. The highest BCUT2D eigenvalue weighted by atomic mass is 19.1. The molecule has 1 aliphatic rings. The number of nitrogens with zero attached hydrogens (tertiary/aromatic N) is 3. The smallest absolute Gasteiger partial charge is 0.166 e. The molecule has 8 nitrogen and oxygen atoms in total. The number of hydrogen-bond donors (Lipinski definition) is 4. The fraction of sp³-hybridized carbons (Fsp3) is 0.227. The molecule has 0 spiro atoms. The summed E-state index contributed by atoms with van der Waals surface area (Å²) in [6.07, 6.45) is 4.02. The van der Waals surface area contributed by atoms with Crippen LogP contribution in [0.3, 0.4) is 0 Å². The van der Waals surface area contributed by atoms with E-state index in [1.807, 2.05) is 0 Å². The second-order valence-corrected chi connectivity index (χ2v) is 6.85. The van der Waals surface area contributed by atoms with Gasteiger partial charge in [-0.2, -0.15) is 5.26 Å². The molecule has 1 aromatic heterocycles. The van der Waals surface area contributed by atoms with Crippen molar-refractivity contribution in [3.05, 3.63) is 70.8 Å². The van der Waals surface area contributed by atoms with Crippen molar-refractivity contribution in [2.75, 3.05) is 25.4 Å². The first-order valence-electron chi connectivity index (χ1n) is 9.66. The number of pyridine rings is 1. The standard InChI is InChI=1S/C22H24FN7O/c1-13-18-9-16(23)2-3-17(18)19(4-5-24)29-12-15(10-26)21(28-7-6-25)14-8-20(31-13)22(27)30-11-14/h2-5,8-9,11,13,28H,7,10,12,24,26H2,1H3,(H2,27,30)/b5-4?,21-15+,29-19?. The fourth-order valence-corrected chi connectivity index (χ4v) is 3.35. The van der Waals surface area contributed by atoms with Crippen LogP contribution in [0.25, 0.3) is 5.70 Å². The first kappa shape index (κ1) is 21.8. The highest BCUT2D eigenvalue weighted by Gasteiger charge is 2.20. The second kappa shape index (κ2) is 9.73. The lowest BCUT2D eigenvalue weighted by Crippen LogP contribution is -2.21. The van der Waals surface area contributed by atoms with E-state index in [2.05, 4.69) is 21.4 Å². The largest absolute Gasteiger partial charge is 0.482 e. The monoisotopic (exact) mass is 421 g/mol. The molecule has 1 aliphatic heterocycles. The predicted molar refractivity (Wildman–Crippen MR) is 118 cm³/mol. The molecule has 7 N–H and O–H groups in total. The van der Waals surface area contributed by atoms with Crippen LogP contribution in [0, 0.1) is 17.1 Å². The molecule has 2 aromatic rings.